The monoisotopic (exact) mass is 284 g/mol. The van der Waals surface area contributed by atoms with Crippen LogP contribution >= 0.6 is 11.6 Å². The Morgan fingerprint density at radius 1 is 1.47 bits per heavy atom. The number of fused-ring (bicyclic) bond motifs is 1. The van der Waals surface area contributed by atoms with E-state index in [1.165, 1.54) is 6.07 Å². The van der Waals surface area contributed by atoms with Gasteiger partial charge < -0.3 is 19.7 Å². The van der Waals surface area contributed by atoms with Crippen molar-refractivity contribution in [2.45, 2.75) is 25.2 Å². The summed E-state index contributed by atoms with van der Waals surface area (Å²) in [5.74, 6) is -0.123. The number of aliphatic carboxylic acids is 1. The molecule has 0 saturated heterocycles. The van der Waals surface area contributed by atoms with Gasteiger partial charge in [-0.1, -0.05) is 11.6 Å². The number of aromatic hydroxyl groups is 1. The minimum atomic E-state index is -0.899. The van der Waals surface area contributed by atoms with Gasteiger partial charge in [0.15, 0.2) is 11.5 Å². The van der Waals surface area contributed by atoms with Gasteiger partial charge in [-0.25, -0.2) is 0 Å². The molecule has 1 aliphatic heterocycles. The first kappa shape index (κ1) is 12.4. The zero-order chi connectivity index (χ0) is 13.6. The van der Waals surface area contributed by atoms with Crippen molar-refractivity contribution in [3.8, 4) is 17.2 Å². The predicted octanol–water partition coefficient (Wildman–Crippen LogP) is 2.74. The van der Waals surface area contributed by atoms with E-state index in [0.717, 1.165) is 12.8 Å². The van der Waals surface area contributed by atoms with E-state index in [1.807, 2.05) is 0 Å². The van der Waals surface area contributed by atoms with Gasteiger partial charge in [-0.2, -0.15) is 0 Å². The van der Waals surface area contributed by atoms with Gasteiger partial charge in [0.25, 0.3) is 0 Å². The van der Waals surface area contributed by atoms with Crippen molar-refractivity contribution in [3.05, 3.63) is 16.7 Å². The lowest BCUT2D eigenvalue weighted by molar-refractivity contribution is -0.137. The van der Waals surface area contributed by atoms with Crippen LogP contribution < -0.4 is 9.47 Å². The molecule has 1 fully saturated rings. The van der Waals surface area contributed by atoms with Crippen molar-refractivity contribution >= 4 is 17.6 Å². The SMILES string of the molecule is O=C(O)CC(c1c(O)c(Cl)cc2c1OCO2)C1CC1. The molecule has 1 aromatic rings. The summed E-state index contributed by atoms with van der Waals surface area (Å²) in [4.78, 5) is 11.0. The second-order valence-electron chi connectivity index (χ2n) is 4.90. The summed E-state index contributed by atoms with van der Waals surface area (Å²) >= 11 is 5.97. The Hall–Kier alpha value is -1.62. The first-order valence-electron chi connectivity index (χ1n) is 6.10. The molecule has 1 unspecified atom stereocenters. The number of benzene rings is 1. The van der Waals surface area contributed by atoms with Crippen molar-refractivity contribution in [1.29, 1.82) is 0 Å². The highest BCUT2D eigenvalue weighted by atomic mass is 35.5. The normalized spacial score (nSPS) is 18.4. The minimum absolute atomic E-state index is 0.0473. The van der Waals surface area contributed by atoms with E-state index < -0.39 is 5.97 Å². The first-order valence-corrected chi connectivity index (χ1v) is 6.48. The van der Waals surface area contributed by atoms with Gasteiger partial charge >= 0.3 is 5.97 Å². The molecule has 0 bridgehead atoms. The highest BCUT2D eigenvalue weighted by molar-refractivity contribution is 6.32. The fourth-order valence-electron chi connectivity index (χ4n) is 2.56. The molecule has 2 N–H and O–H groups in total. The van der Waals surface area contributed by atoms with Crippen LogP contribution in [0, 0.1) is 5.92 Å². The second-order valence-corrected chi connectivity index (χ2v) is 5.30. The number of hydrogen-bond acceptors (Lipinski definition) is 4. The van der Waals surface area contributed by atoms with Gasteiger partial charge in [-0.3, -0.25) is 4.79 Å². The maximum atomic E-state index is 11.0. The predicted molar refractivity (Wildman–Crippen MR) is 67.0 cm³/mol. The summed E-state index contributed by atoms with van der Waals surface area (Å²) in [7, 11) is 0. The number of ether oxygens (including phenoxy) is 2. The number of phenols is 1. The van der Waals surface area contributed by atoms with E-state index in [0.29, 0.717) is 17.1 Å². The molecule has 0 radical (unpaired) electrons. The van der Waals surface area contributed by atoms with Crippen molar-refractivity contribution in [3.63, 3.8) is 0 Å². The molecule has 2 aliphatic rings. The second kappa shape index (κ2) is 4.49. The molecule has 6 heteroatoms. The Bertz CT molecular complexity index is 538. The maximum Gasteiger partial charge on any atom is 0.303 e. The molecule has 1 atom stereocenters. The summed E-state index contributed by atoms with van der Waals surface area (Å²) < 4.78 is 10.6. The van der Waals surface area contributed by atoms with Gasteiger partial charge in [0.05, 0.1) is 11.4 Å². The van der Waals surface area contributed by atoms with Gasteiger partial charge in [0.1, 0.15) is 5.75 Å². The Morgan fingerprint density at radius 3 is 2.84 bits per heavy atom. The van der Waals surface area contributed by atoms with E-state index in [9.17, 15) is 9.90 Å². The number of carbonyl (C=O) groups is 1. The van der Waals surface area contributed by atoms with E-state index in [-0.39, 0.29) is 35.8 Å². The number of rotatable bonds is 4. The third-order valence-electron chi connectivity index (χ3n) is 3.58. The van der Waals surface area contributed by atoms with Gasteiger partial charge in [0.2, 0.25) is 6.79 Å². The molecule has 0 spiro atoms. The van der Waals surface area contributed by atoms with Gasteiger partial charge in [-0.05, 0) is 18.8 Å². The third kappa shape index (κ3) is 2.18. The summed E-state index contributed by atoms with van der Waals surface area (Å²) in [6.45, 7) is 0.0621. The molecule has 1 saturated carbocycles. The molecule has 3 rings (SSSR count). The fourth-order valence-corrected chi connectivity index (χ4v) is 2.76. The average molecular weight is 285 g/mol. The lowest BCUT2D eigenvalue weighted by atomic mass is 9.89. The molecule has 19 heavy (non-hydrogen) atoms. The van der Waals surface area contributed by atoms with Gasteiger partial charge in [-0.15, -0.1) is 0 Å². The molecule has 0 amide bonds. The van der Waals surface area contributed by atoms with Crippen LogP contribution in [-0.4, -0.2) is 23.0 Å². The molecule has 102 valence electrons. The number of carboxylic acids is 1. The van der Waals surface area contributed by atoms with Crippen LogP contribution in [-0.2, 0) is 4.79 Å². The highest BCUT2D eigenvalue weighted by Crippen LogP contribution is 2.54. The topological polar surface area (TPSA) is 76.0 Å². The fraction of sp³-hybridized carbons (Fsp3) is 0.462. The summed E-state index contributed by atoms with van der Waals surface area (Å²) in [5.41, 5.74) is 0.477. The zero-order valence-electron chi connectivity index (χ0n) is 10.1. The Balaban J connectivity index is 2.09. The van der Waals surface area contributed by atoms with E-state index in [1.54, 1.807) is 0 Å². The largest absolute Gasteiger partial charge is 0.506 e. The lowest BCUT2D eigenvalue weighted by Gasteiger charge is -2.18. The molecule has 1 heterocycles. The van der Waals surface area contributed by atoms with Crippen molar-refractivity contribution in [2.75, 3.05) is 6.79 Å². The highest BCUT2D eigenvalue weighted by Gasteiger charge is 2.39. The first-order chi connectivity index (χ1) is 9.08. The Morgan fingerprint density at radius 2 is 2.21 bits per heavy atom. The number of halogens is 1. The van der Waals surface area contributed by atoms with Crippen LogP contribution in [0.25, 0.3) is 0 Å². The van der Waals surface area contributed by atoms with Crippen LogP contribution in [0.15, 0.2) is 6.07 Å². The maximum absolute atomic E-state index is 11.0. The van der Waals surface area contributed by atoms with Crippen molar-refractivity contribution < 1.29 is 24.5 Å². The minimum Gasteiger partial charge on any atom is -0.506 e. The quantitative estimate of drug-likeness (QED) is 0.889. The van der Waals surface area contributed by atoms with E-state index >= 15 is 0 Å². The Kier molecular flexibility index (Phi) is 2.93. The smallest absolute Gasteiger partial charge is 0.303 e. The molecular weight excluding hydrogens is 272 g/mol. The van der Waals surface area contributed by atoms with Crippen LogP contribution in [0.2, 0.25) is 5.02 Å². The molecule has 1 aliphatic carbocycles. The van der Waals surface area contributed by atoms with Crippen LogP contribution in [0.4, 0.5) is 0 Å². The summed E-state index contributed by atoms with van der Waals surface area (Å²) in [5, 5.41) is 19.4. The molecule has 1 aromatic carbocycles. The Labute approximate surface area is 114 Å². The number of phenolic OH excluding ortho intramolecular Hbond substituents is 1. The molecule has 0 aromatic heterocycles. The van der Waals surface area contributed by atoms with E-state index in [4.69, 9.17) is 26.2 Å². The standard InChI is InChI=1S/C13H13ClO5/c14-8-4-9-13(19-5-18-9)11(12(8)17)7(3-10(15)16)6-1-2-6/h4,6-7,17H,1-3,5H2,(H,15,16). The summed E-state index contributed by atoms with van der Waals surface area (Å²) in [6.07, 6.45) is 1.87. The number of hydrogen-bond donors (Lipinski definition) is 2. The molecule has 5 nitrogen and oxygen atoms in total. The number of carboxylic acid groups (broad SMARTS) is 1. The van der Waals surface area contributed by atoms with Crippen molar-refractivity contribution in [1.82, 2.24) is 0 Å². The van der Waals surface area contributed by atoms with Crippen LogP contribution in [0.5, 0.6) is 17.2 Å². The lowest BCUT2D eigenvalue weighted by Crippen LogP contribution is -2.09. The third-order valence-corrected chi connectivity index (χ3v) is 3.87. The van der Waals surface area contributed by atoms with Crippen molar-refractivity contribution in [2.24, 2.45) is 5.92 Å². The average Bonchev–Trinajstić information content (AvgIpc) is 3.09. The zero-order valence-corrected chi connectivity index (χ0v) is 10.8. The molecular formula is C13H13ClO5. The van der Waals surface area contributed by atoms with E-state index in [2.05, 4.69) is 0 Å². The van der Waals surface area contributed by atoms with Gasteiger partial charge in [0, 0.05) is 17.5 Å². The summed E-state index contributed by atoms with van der Waals surface area (Å²) in [6, 6.07) is 1.49. The van der Waals surface area contributed by atoms with Crippen LogP contribution in [0.3, 0.4) is 0 Å². The van der Waals surface area contributed by atoms with Crippen LogP contribution in [0.1, 0.15) is 30.7 Å².